The third-order valence-corrected chi connectivity index (χ3v) is 18.0. The van der Waals surface area contributed by atoms with Crippen LogP contribution in [-0.4, -0.2) is 15.2 Å². The molecular weight excluding hydrogens is 705 g/mol. The van der Waals surface area contributed by atoms with Gasteiger partial charge in [0, 0.05) is 22.2 Å². The molecule has 0 heterocycles. The largest absolute Gasteiger partial charge is 0.496 e. The van der Waals surface area contributed by atoms with Crippen molar-refractivity contribution in [1.82, 2.24) is 0 Å². The van der Waals surface area contributed by atoms with E-state index in [0.717, 1.165) is 25.0 Å². The predicted octanol–water partition coefficient (Wildman–Crippen LogP) is 15.2. The molecule has 8 rings (SSSR count). The van der Waals surface area contributed by atoms with Crippen molar-refractivity contribution in [3.05, 3.63) is 144 Å². The van der Waals surface area contributed by atoms with Crippen LogP contribution in [0.3, 0.4) is 0 Å². The molecule has 2 heteroatoms. The Balaban J connectivity index is 1.44. The maximum atomic E-state index is 6.49. The summed E-state index contributed by atoms with van der Waals surface area (Å²) in [4.78, 5) is 0. The van der Waals surface area contributed by atoms with Crippen molar-refractivity contribution in [2.75, 3.05) is 7.11 Å². The number of fused-ring (bicyclic) bond motifs is 3. The summed E-state index contributed by atoms with van der Waals surface area (Å²) in [5.74, 6) is 1.03. The summed E-state index contributed by atoms with van der Waals surface area (Å²) in [5.41, 5.74) is 30.7. The summed E-state index contributed by atoms with van der Waals surface area (Å²) in [7, 11) is -0.412. The fourth-order valence-electron chi connectivity index (χ4n) is 11.8. The molecule has 0 N–H and O–H groups in total. The zero-order chi connectivity index (χ0) is 40.9. The molecule has 2 atom stereocenters. The number of benzene rings is 5. The highest BCUT2D eigenvalue weighted by Gasteiger charge is 2.50. The molecule has 294 valence electrons. The zero-order valence-corrected chi connectivity index (χ0v) is 38.3. The second-order valence-corrected chi connectivity index (χ2v) is 24.5. The molecule has 1 nitrogen and oxygen atoms in total. The Morgan fingerprint density at radius 2 is 1.07 bits per heavy atom. The Labute approximate surface area is 345 Å². The molecule has 3 aliphatic carbocycles. The maximum Gasteiger partial charge on any atom is 0.131 e. The third-order valence-electron chi connectivity index (χ3n) is 13.6. The number of ether oxygens (including phenoxy) is 1. The molecule has 0 aliphatic heterocycles. The molecule has 0 aromatic heterocycles. The van der Waals surface area contributed by atoms with Crippen molar-refractivity contribution >= 4 is 20.2 Å². The average Bonchev–Trinajstić information content (AvgIpc) is 3.83. The minimum Gasteiger partial charge on any atom is -0.496 e. The van der Waals surface area contributed by atoms with Crippen molar-refractivity contribution in [2.24, 2.45) is 0 Å². The Hall–Kier alpha value is -4.40. The summed E-state index contributed by atoms with van der Waals surface area (Å²) in [6.07, 6.45) is 9.81. The number of rotatable bonds is 7. The van der Waals surface area contributed by atoms with Gasteiger partial charge in [0.05, 0.1) is 15.2 Å². The van der Waals surface area contributed by atoms with Crippen molar-refractivity contribution in [3.8, 4) is 39.1 Å². The molecule has 5 aromatic rings. The van der Waals surface area contributed by atoms with Crippen LogP contribution in [0.2, 0.25) is 13.1 Å². The second-order valence-electron chi connectivity index (χ2n) is 19.8. The van der Waals surface area contributed by atoms with E-state index in [-0.39, 0.29) is 5.41 Å². The van der Waals surface area contributed by atoms with E-state index in [2.05, 4.69) is 162 Å². The van der Waals surface area contributed by atoms with Crippen LogP contribution in [0.4, 0.5) is 0 Å². The van der Waals surface area contributed by atoms with Crippen LogP contribution in [0.25, 0.3) is 45.5 Å². The topological polar surface area (TPSA) is 9.23 Å². The molecule has 0 saturated carbocycles. The third kappa shape index (κ3) is 6.51. The Morgan fingerprint density at radius 1 is 0.596 bits per heavy atom. The molecule has 57 heavy (non-hydrogen) atoms. The van der Waals surface area contributed by atoms with E-state index in [1.807, 2.05) is 7.11 Å². The van der Waals surface area contributed by atoms with Gasteiger partial charge in [-0.05, 0) is 141 Å². The molecule has 0 saturated heterocycles. The number of hydrogen-bond donors (Lipinski definition) is 0. The molecule has 3 aliphatic rings. The van der Waals surface area contributed by atoms with E-state index in [4.69, 9.17) is 4.74 Å². The predicted molar refractivity (Wildman–Crippen MR) is 250 cm³/mol. The molecule has 0 amide bonds. The lowest BCUT2D eigenvalue weighted by atomic mass is 9.81. The van der Waals surface area contributed by atoms with E-state index in [1.165, 1.54) is 89.9 Å². The summed E-state index contributed by atoms with van der Waals surface area (Å²) in [5, 5.41) is 0. The van der Waals surface area contributed by atoms with Gasteiger partial charge in [0.15, 0.2) is 0 Å². The highest BCUT2D eigenvalue weighted by atomic mass is 28.3. The maximum absolute atomic E-state index is 6.49. The summed E-state index contributed by atoms with van der Waals surface area (Å²) < 4.78 is 6.49. The highest BCUT2D eigenvalue weighted by molar-refractivity contribution is 6.82. The first-order chi connectivity index (χ1) is 26.9. The summed E-state index contributed by atoms with van der Waals surface area (Å²) >= 11 is 0. The van der Waals surface area contributed by atoms with Gasteiger partial charge in [0.25, 0.3) is 0 Å². The van der Waals surface area contributed by atoms with Gasteiger partial charge in [-0.25, -0.2) is 0 Å². The molecule has 0 fully saturated rings. The monoisotopic (exact) mass is 768 g/mol. The summed E-state index contributed by atoms with van der Waals surface area (Å²) in [6.45, 7) is 31.0. The highest BCUT2D eigenvalue weighted by Crippen LogP contribution is 2.60. The van der Waals surface area contributed by atoms with Crippen LogP contribution in [0.5, 0.6) is 5.75 Å². The van der Waals surface area contributed by atoms with Crippen LogP contribution in [0, 0.1) is 41.5 Å². The molecule has 5 aromatic carbocycles. The number of methoxy groups -OCH3 is 1. The van der Waals surface area contributed by atoms with Gasteiger partial charge in [-0.15, -0.1) is 0 Å². The molecule has 0 radical (unpaired) electrons. The molecule has 0 spiro atoms. The van der Waals surface area contributed by atoms with Gasteiger partial charge in [-0.3, -0.25) is 0 Å². The van der Waals surface area contributed by atoms with Crippen LogP contribution < -0.4 is 4.74 Å². The quantitative estimate of drug-likeness (QED) is 0.150. The average molecular weight is 769 g/mol. The number of aryl methyl sites for hydroxylation is 6. The van der Waals surface area contributed by atoms with E-state index in [0.29, 0.717) is 11.1 Å². The van der Waals surface area contributed by atoms with Crippen molar-refractivity contribution in [1.29, 1.82) is 0 Å². The normalized spacial score (nSPS) is 17.4. The SMILES string of the molecule is CCC1=Cc2c(cc(C(C)(C)C)c(OC)c2-c2cc(C)cc(C)c2)C1[Si](C)(C)C1C(C)=Cc2c(-c3cc(C)cc(C)c3)c3c(c(-c4cc(C)cc(C)c4)c21)CCC3. The minimum absolute atomic E-state index is 0.0907. The zero-order valence-electron chi connectivity index (χ0n) is 37.3. The van der Waals surface area contributed by atoms with E-state index in [9.17, 15) is 0 Å². The van der Waals surface area contributed by atoms with Gasteiger partial charge in [-0.2, -0.15) is 0 Å². The lowest BCUT2D eigenvalue weighted by Crippen LogP contribution is -2.43. The lowest BCUT2D eigenvalue weighted by Gasteiger charge is -2.41. The van der Waals surface area contributed by atoms with Gasteiger partial charge < -0.3 is 4.74 Å². The standard InChI is InChI=1S/C55H64OSi/c1-15-38-29-44-45(30-47(55(9,10)11)52(56-12)50(44)41-26-35(6)21-36(7)27-41)54(38)57(13,14)53-37(8)28-46-48(39-22-31(2)19-32(3)23-39)42-17-16-18-43(42)49(51(46)53)40-24-33(4)20-34(5)25-40/h19-30,53-54H,15-18H2,1-14H3. The molecule has 0 bridgehead atoms. The van der Waals surface area contributed by atoms with Crippen LogP contribution in [0.1, 0.15) is 131 Å². The fraction of sp³-hybridized carbons (Fsp3) is 0.382. The van der Waals surface area contributed by atoms with E-state index < -0.39 is 8.07 Å². The van der Waals surface area contributed by atoms with Gasteiger partial charge >= 0.3 is 0 Å². The van der Waals surface area contributed by atoms with Crippen molar-refractivity contribution in [3.63, 3.8) is 0 Å². The van der Waals surface area contributed by atoms with E-state index in [1.54, 1.807) is 33.4 Å². The van der Waals surface area contributed by atoms with Gasteiger partial charge in [-0.1, -0.05) is 158 Å². The Bertz CT molecular complexity index is 2490. The van der Waals surface area contributed by atoms with Crippen molar-refractivity contribution in [2.45, 2.75) is 131 Å². The van der Waals surface area contributed by atoms with E-state index >= 15 is 0 Å². The number of hydrogen-bond acceptors (Lipinski definition) is 1. The summed E-state index contributed by atoms with van der Waals surface area (Å²) in [6, 6.07) is 24.2. The molecule has 2 unspecified atom stereocenters. The first kappa shape index (κ1) is 39.4. The Morgan fingerprint density at radius 3 is 1.54 bits per heavy atom. The lowest BCUT2D eigenvalue weighted by molar-refractivity contribution is 0.399. The van der Waals surface area contributed by atoms with Crippen molar-refractivity contribution < 1.29 is 4.74 Å². The van der Waals surface area contributed by atoms with Gasteiger partial charge in [0.1, 0.15) is 5.75 Å². The van der Waals surface area contributed by atoms with Crippen LogP contribution in [-0.2, 0) is 18.3 Å². The van der Waals surface area contributed by atoms with Gasteiger partial charge in [0.2, 0.25) is 0 Å². The Kier molecular flexibility index (Phi) is 9.79. The second kappa shape index (κ2) is 14.2. The van der Waals surface area contributed by atoms with Crippen LogP contribution in [0.15, 0.2) is 71.8 Å². The minimum atomic E-state index is -2.29. The smallest absolute Gasteiger partial charge is 0.131 e. The number of allylic oxidation sites excluding steroid dienone is 2. The first-order valence-electron chi connectivity index (χ1n) is 21.5. The fourth-order valence-corrected chi connectivity index (χ4v) is 16.7. The van der Waals surface area contributed by atoms with Crippen LogP contribution >= 0.6 is 0 Å². The first-order valence-corrected chi connectivity index (χ1v) is 24.7. The molecular formula is C55H64OSi.